The molecule has 0 saturated carbocycles. The van der Waals surface area contributed by atoms with Gasteiger partial charge in [0.25, 0.3) is 0 Å². The van der Waals surface area contributed by atoms with E-state index in [0.717, 1.165) is 19.4 Å². The number of anilines is 1. The Morgan fingerprint density at radius 2 is 2.32 bits per heavy atom. The molecular weight excluding hydrogens is 247 g/mol. The minimum absolute atomic E-state index is 0.00578. The molecule has 1 heterocycles. The van der Waals surface area contributed by atoms with Gasteiger partial charge in [-0.15, -0.1) is 0 Å². The molecule has 0 aromatic heterocycles. The number of carbonyl (C=O) groups excluding carboxylic acids is 2. The van der Waals surface area contributed by atoms with E-state index in [1.807, 2.05) is 4.90 Å². The van der Waals surface area contributed by atoms with Crippen molar-refractivity contribution < 1.29 is 14.0 Å². The Bertz CT molecular complexity index is 490. The number of hydrogen-bond acceptors (Lipinski definition) is 3. The first-order valence-corrected chi connectivity index (χ1v) is 6.37. The fourth-order valence-electron chi connectivity index (χ4n) is 2.53. The van der Waals surface area contributed by atoms with Gasteiger partial charge in [0.05, 0.1) is 17.2 Å². The molecule has 0 aliphatic carbocycles. The van der Waals surface area contributed by atoms with Crippen molar-refractivity contribution in [2.45, 2.75) is 12.8 Å². The van der Waals surface area contributed by atoms with Crippen LogP contribution in [0.5, 0.6) is 0 Å². The van der Waals surface area contributed by atoms with Gasteiger partial charge in [-0.2, -0.15) is 0 Å². The van der Waals surface area contributed by atoms with Gasteiger partial charge in [0.1, 0.15) is 5.82 Å². The number of aldehydes is 1. The van der Waals surface area contributed by atoms with Crippen molar-refractivity contribution in [3.8, 4) is 0 Å². The second-order valence-electron chi connectivity index (χ2n) is 4.69. The molecule has 1 aliphatic rings. The Hall–Kier alpha value is -1.91. The highest BCUT2D eigenvalue weighted by Gasteiger charge is 2.26. The number of piperidine rings is 1. The largest absolute Gasteiger partial charge is 0.370 e. The van der Waals surface area contributed by atoms with Crippen molar-refractivity contribution in [2.24, 2.45) is 5.92 Å². The SMILES string of the molecule is CNC(=O)C1CCCN(c2cccc(F)c2C=O)C1. The van der Waals surface area contributed by atoms with E-state index in [4.69, 9.17) is 0 Å². The molecule has 1 amide bonds. The molecule has 0 spiro atoms. The van der Waals surface area contributed by atoms with E-state index >= 15 is 0 Å². The topological polar surface area (TPSA) is 49.4 Å². The van der Waals surface area contributed by atoms with E-state index in [1.54, 1.807) is 19.2 Å². The van der Waals surface area contributed by atoms with Crippen LogP contribution in [0.25, 0.3) is 0 Å². The fraction of sp³-hybridized carbons (Fsp3) is 0.429. The van der Waals surface area contributed by atoms with E-state index in [1.165, 1.54) is 6.07 Å². The number of carbonyl (C=O) groups is 2. The zero-order valence-electron chi connectivity index (χ0n) is 10.9. The fourth-order valence-corrected chi connectivity index (χ4v) is 2.53. The van der Waals surface area contributed by atoms with Crippen LogP contribution in [0.2, 0.25) is 0 Å². The summed E-state index contributed by atoms with van der Waals surface area (Å²) in [4.78, 5) is 24.6. The molecular formula is C14H17FN2O2. The molecule has 4 nitrogen and oxygen atoms in total. The summed E-state index contributed by atoms with van der Waals surface area (Å²) in [5.41, 5.74) is 0.642. The van der Waals surface area contributed by atoms with E-state index in [-0.39, 0.29) is 17.4 Å². The van der Waals surface area contributed by atoms with Gasteiger partial charge in [0, 0.05) is 20.1 Å². The molecule has 19 heavy (non-hydrogen) atoms. The van der Waals surface area contributed by atoms with Crippen LogP contribution in [0.15, 0.2) is 18.2 Å². The van der Waals surface area contributed by atoms with Crippen molar-refractivity contribution in [2.75, 3.05) is 25.0 Å². The Kier molecular flexibility index (Phi) is 4.14. The number of rotatable bonds is 3. The Morgan fingerprint density at radius 3 is 3.00 bits per heavy atom. The van der Waals surface area contributed by atoms with Crippen molar-refractivity contribution >= 4 is 17.9 Å². The number of nitrogens with zero attached hydrogens (tertiary/aromatic N) is 1. The predicted octanol–water partition coefficient (Wildman–Crippen LogP) is 1.60. The minimum atomic E-state index is -0.519. The van der Waals surface area contributed by atoms with Gasteiger partial charge < -0.3 is 10.2 Å². The Balaban J connectivity index is 2.24. The van der Waals surface area contributed by atoms with Gasteiger partial charge in [-0.05, 0) is 25.0 Å². The lowest BCUT2D eigenvalue weighted by molar-refractivity contribution is -0.124. The predicted molar refractivity (Wildman–Crippen MR) is 70.8 cm³/mol. The van der Waals surface area contributed by atoms with Gasteiger partial charge in [-0.1, -0.05) is 6.07 Å². The molecule has 1 aromatic carbocycles. The smallest absolute Gasteiger partial charge is 0.224 e. The molecule has 5 heteroatoms. The molecule has 102 valence electrons. The van der Waals surface area contributed by atoms with Crippen LogP contribution in [0, 0.1) is 11.7 Å². The monoisotopic (exact) mass is 264 g/mol. The molecule has 0 bridgehead atoms. The summed E-state index contributed by atoms with van der Waals surface area (Å²) in [6.45, 7) is 1.25. The third-order valence-corrected chi connectivity index (χ3v) is 3.53. The van der Waals surface area contributed by atoms with E-state index in [2.05, 4.69) is 5.32 Å². The highest BCUT2D eigenvalue weighted by Crippen LogP contribution is 2.27. The standard InChI is InChI=1S/C14H17FN2O2/c1-16-14(19)10-4-3-7-17(8-10)13-6-2-5-12(15)11(13)9-18/h2,5-6,9-10H,3-4,7-8H2,1H3,(H,16,19). The summed E-state index contributed by atoms with van der Waals surface area (Å²) in [5.74, 6) is -0.634. The maximum atomic E-state index is 13.6. The summed E-state index contributed by atoms with van der Waals surface area (Å²) >= 11 is 0. The van der Waals surface area contributed by atoms with Gasteiger partial charge in [-0.3, -0.25) is 9.59 Å². The van der Waals surface area contributed by atoms with Crippen LogP contribution in [0.4, 0.5) is 10.1 Å². The van der Waals surface area contributed by atoms with Crippen molar-refractivity contribution in [1.29, 1.82) is 0 Å². The molecule has 1 atom stereocenters. The summed E-state index contributed by atoms with van der Waals surface area (Å²) in [5, 5.41) is 2.64. The van der Waals surface area contributed by atoms with Gasteiger partial charge in [0.15, 0.2) is 6.29 Å². The van der Waals surface area contributed by atoms with Crippen LogP contribution in [-0.4, -0.2) is 32.3 Å². The molecule has 1 N–H and O–H groups in total. The first-order chi connectivity index (χ1) is 9.17. The van der Waals surface area contributed by atoms with Crippen molar-refractivity contribution in [3.05, 3.63) is 29.6 Å². The second-order valence-corrected chi connectivity index (χ2v) is 4.69. The highest BCUT2D eigenvalue weighted by atomic mass is 19.1. The zero-order chi connectivity index (χ0) is 13.8. The van der Waals surface area contributed by atoms with Crippen LogP contribution >= 0.6 is 0 Å². The molecule has 1 aromatic rings. The van der Waals surface area contributed by atoms with E-state index in [0.29, 0.717) is 18.5 Å². The lowest BCUT2D eigenvalue weighted by Gasteiger charge is -2.34. The van der Waals surface area contributed by atoms with Crippen LogP contribution in [0.1, 0.15) is 23.2 Å². The van der Waals surface area contributed by atoms with Gasteiger partial charge in [0.2, 0.25) is 5.91 Å². The third kappa shape index (κ3) is 2.75. The summed E-state index contributed by atoms with van der Waals surface area (Å²) in [7, 11) is 1.61. The molecule has 1 saturated heterocycles. The first-order valence-electron chi connectivity index (χ1n) is 6.37. The number of amides is 1. The number of hydrogen-bond donors (Lipinski definition) is 1. The molecule has 1 unspecified atom stereocenters. The summed E-state index contributed by atoms with van der Waals surface area (Å²) in [6.07, 6.45) is 2.21. The molecule has 0 radical (unpaired) electrons. The Labute approximate surface area is 111 Å². The lowest BCUT2D eigenvalue weighted by atomic mass is 9.96. The van der Waals surface area contributed by atoms with Gasteiger partial charge in [-0.25, -0.2) is 4.39 Å². The highest BCUT2D eigenvalue weighted by molar-refractivity contribution is 5.85. The summed E-state index contributed by atoms with van der Waals surface area (Å²) in [6, 6.07) is 4.58. The second kappa shape index (κ2) is 5.82. The average Bonchev–Trinajstić information content (AvgIpc) is 2.46. The van der Waals surface area contributed by atoms with Gasteiger partial charge >= 0.3 is 0 Å². The normalized spacial score (nSPS) is 19.1. The average molecular weight is 264 g/mol. The van der Waals surface area contributed by atoms with Crippen LogP contribution in [0.3, 0.4) is 0 Å². The number of halogens is 1. The quantitative estimate of drug-likeness (QED) is 0.844. The van der Waals surface area contributed by atoms with Crippen LogP contribution < -0.4 is 10.2 Å². The number of nitrogens with one attached hydrogen (secondary N) is 1. The Morgan fingerprint density at radius 1 is 1.53 bits per heavy atom. The molecule has 1 fully saturated rings. The van der Waals surface area contributed by atoms with Crippen LogP contribution in [-0.2, 0) is 4.79 Å². The molecule has 1 aliphatic heterocycles. The number of benzene rings is 1. The third-order valence-electron chi connectivity index (χ3n) is 3.53. The van der Waals surface area contributed by atoms with E-state index < -0.39 is 5.82 Å². The zero-order valence-corrected chi connectivity index (χ0v) is 10.9. The van der Waals surface area contributed by atoms with Crippen molar-refractivity contribution in [1.82, 2.24) is 5.32 Å². The lowest BCUT2D eigenvalue weighted by Crippen LogP contribution is -2.42. The van der Waals surface area contributed by atoms with E-state index in [9.17, 15) is 14.0 Å². The maximum Gasteiger partial charge on any atom is 0.224 e. The molecule has 2 rings (SSSR count). The van der Waals surface area contributed by atoms with Crippen molar-refractivity contribution in [3.63, 3.8) is 0 Å². The summed E-state index contributed by atoms with van der Waals surface area (Å²) < 4.78 is 13.6. The first kappa shape index (κ1) is 13.5. The maximum absolute atomic E-state index is 13.6. The minimum Gasteiger partial charge on any atom is -0.370 e.